The minimum Gasteiger partial charge on any atom is -0.393 e. The maximum absolute atomic E-state index is 9.81. The van der Waals surface area contributed by atoms with Gasteiger partial charge in [0, 0.05) is 0 Å². The lowest BCUT2D eigenvalue weighted by molar-refractivity contribution is 0.147. The van der Waals surface area contributed by atoms with Crippen LogP contribution in [-0.4, -0.2) is 11.2 Å². The topological polar surface area (TPSA) is 20.2 Å². The maximum Gasteiger partial charge on any atom is 0.0540 e. The van der Waals surface area contributed by atoms with Gasteiger partial charge < -0.3 is 5.11 Å². The highest BCUT2D eigenvalue weighted by molar-refractivity contribution is 4.57. The van der Waals surface area contributed by atoms with E-state index in [0.717, 1.165) is 19.3 Å². The molecule has 1 heteroatoms. The first kappa shape index (κ1) is 18.0. The molecule has 1 unspecified atom stereocenters. The van der Waals surface area contributed by atoms with Crippen LogP contribution >= 0.6 is 0 Å². The summed E-state index contributed by atoms with van der Waals surface area (Å²) in [6.45, 7) is 6.10. The standard InChI is InChI=1S/C17H35O/c1-3-5-7-9-10-11-12-14-16-17(18)15-13-8-6-4-2/h17-18H,2-16H2,1H3. The van der Waals surface area contributed by atoms with Gasteiger partial charge in [-0.15, -0.1) is 0 Å². The van der Waals surface area contributed by atoms with Gasteiger partial charge >= 0.3 is 0 Å². The second-order valence-corrected chi connectivity index (χ2v) is 5.62. The van der Waals surface area contributed by atoms with Crippen molar-refractivity contribution in [1.29, 1.82) is 0 Å². The van der Waals surface area contributed by atoms with Crippen molar-refractivity contribution >= 4 is 0 Å². The third kappa shape index (κ3) is 14.0. The first-order chi connectivity index (χ1) is 8.81. The summed E-state index contributed by atoms with van der Waals surface area (Å²) in [5.74, 6) is 0. The van der Waals surface area contributed by atoms with Crippen LogP contribution in [0.1, 0.15) is 96.8 Å². The van der Waals surface area contributed by atoms with Crippen molar-refractivity contribution in [3.05, 3.63) is 6.92 Å². The third-order valence-electron chi connectivity index (χ3n) is 3.68. The Morgan fingerprint density at radius 1 is 0.722 bits per heavy atom. The number of hydrogen-bond acceptors (Lipinski definition) is 1. The summed E-state index contributed by atoms with van der Waals surface area (Å²) in [5.41, 5.74) is 0. The van der Waals surface area contributed by atoms with E-state index in [9.17, 15) is 5.11 Å². The van der Waals surface area contributed by atoms with Crippen molar-refractivity contribution in [2.75, 3.05) is 0 Å². The molecule has 0 heterocycles. The molecule has 0 aromatic heterocycles. The van der Waals surface area contributed by atoms with Gasteiger partial charge in [-0.2, -0.15) is 0 Å². The molecule has 18 heavy (non-hydrogen) atoms. The molecule has 0 saturated carbocycles. The smallest absolute Gasteiger partial charge is 0.0540 e. The van der Waals surface area contributed by atoms with Gasteiger partial charge in [0.05, 0.1) is 6.10 Å². The van der Waals surface area contributed by atoms with Crippen LogP contribution in [0, 0.1) is 6.92 Å². The van der Waals surface area contributed by atoms with E-state index in [4.69, 9.17) is 0 Å². The van der Waals surface area contributed by atoms with E-state index in [2.05, 4.69) is 13.8 Å². The van der Waals surface area contributed by atoms with Crippen LogP contribution in [0.2, 0.25) is 0 Å². The number of unbranched alkanes of at least 4 members (excludes halogenated alkanes) is 10. The van der Waals surface area contributed by atoms with Crippen LogP contribution in [0.3, 0.4) is 0 Å². The molecular formula is C17H35O. The van der Waals surface area contributed by atoms with Gasteiger partial charge in [-0.1, -0.05) is 90.9 Å². The third-order valence-corrected chi connectivity index (χ3v) is 3.68. The lowest BCUT2D eigenvalue weighted by atomic mass is 10.0. The largest absolute Gasteiger partial charge is 0.393 e. The van der Waals surface area contributed by atoms with Crippen LogP contribution in [0.15, 0.2) is 0 Å². The molecule has 0 fully saturated rings. The van der Waals surface area contributed by atoms with Crippen molar-refractivity contribution in [2.24, 2.45) is 0 Å². The van der Waals surface area contributed by atoms with E-state index in [1.54, 1.807) is 0 Å². The summed E-state index contributed by atoms with van der Waals surface area (Å²) in [4.78, 5) is 0. The Bertz CT molecular complexity index is 145. The molecule has 1 atom stereocenters. The highest BCUT2D eigenvalue weighted by atomic mass is 16.3. The summed E-state index contributed by atoms with van der Waals surface area (Å²) < 4.78 is 0. The quantitative estimate of drug-likeness (QED) is 0.397. The Labute approximate surface area is 115 Å². The molecule has 0 spiro atoms. The van der Waals surface area contributed by atoms with Gasteiger partial charge in [-0.05, 0) is 12.8 Å². The van der Waals surface area contributed by atoms with E-state index >= 15 is 0 Å². The molecule has 0 bridgehead atoms. The van der Waals surface area contributed by atoms with Gasteiger partial charge in [0.2, 0.25) is 0 Å². The van der Waals surface area contributed by atoms with Crippen molar-refractivity contribution in [2.45, 2.75) is 103 Å². The Balaban J connectivity index is 3.08. The fraction of sp³-hybridized carbons (Fsp3) is 0.941. The predicted molar refractivity (Wildman–Crippen MR) is 81.7 cm³/mol. The van der Waals surface area contributed by atoms with Crippen LogP contribution in [-0.2, 0) is 0 Å². The summed E-state index contributed by atoms with van der Waals surface area (Å²) in [6.07, 6.45) is 17.4. The molecule has 0 saturated heterocycles. The molecule has 1 radical (unpaired) electrons. The van der Waals surface area contributed by atoms with E-state index in [1.165, 1.54) is 70.6 Å². The molecule has 1 nitrogen and oxygen atoms in total. The van der Waals surface area contributed by atoms with E-state index in [1.807, 2.05) is 0 Å². The number of aliphatic hydroxyl groups is 1. The van der Waals surface area contributed by atoms with Crippen LogP contribution in [0.4, 0.5) is 0 Å². The minimum atomic E-state index is -0.0464. The molecule has 0 aromatic carbocycles. The van der Waals surface area contributed by atoms with Crippen LogP contribution < -0.4 is 0 Å². The maximum atomic E-state index is 9.81. The van der Waals surface area contributed by atoms with E-state index in [0.29, 0.717) is 0 Å². The number of hydrogen-bond donors (Lipinski definition) is 1. The zero-order valence-corrected chi connectivity index (χ0v) is 12.6. The molecule has 0 aliphatic heterocycles. The molecule has 0 amide bonds. The Kier molecular flexibility index (Phi) is 15.0. The highest BCUT2D eigenvalue weighted by Gasteiger charge is 2.03. The molecule has 0 aromatic rings. The Hall–Kier alpha value is -0.0400. The summed E-state index contributed by atoms with van der Waals surface area (Å²) in [7, 11) is 0. The minimum absolute atomic E-state index is 0.0464. The zero-order chi connectivity index (χ0) is 13.5. The second kappa shape index (κ2) is 15.0. The Morgan fingerprint density at radius 3 is 1.67 bits per heavy atom. The van der Waals surface area contributed by atoms with Gasteiger partial charge in [0.1, 0.15) is 0 Å². The van der Waals surface area contributed by atoms with Gasteiger partial charge in [-0.25, -0.2) is 0 Å². The predicted octanol–water partition coefficient (Wildman–Crippen LogP) is 5.66. The number of rotatable bonds is 14. The molecule has 1 N–H and O–H groups in total. The highest BCUT2D eigenvalue weighted by Crippen LogP contribution is 2.13. The lowest BCUT2D eigenvalue weighted by Crippen LogP contribution is -2.05. The summed E-state index contributed by atoms with van der Waals surface area (Å²) in [6, 6.07) is 0. The lowest BCUT2D eigenvalue weighted by Gasteiger charge is -2.10. The molecule has 0 aliphatic rings. The van der Waals surface area contributed by atoms with Crippen molar-refractivity contribution in [1.82, 2.24) is 0 Å². The monoisotopic (exact) mass is 255 g/mol. The second-order valence-electron chi connectivity index (χ2n) is 5.62. The average Bonchev–Trinajstić information content (AvgIpc) is 2.38. The van der Waals surface area contributed by atoms with Crippen LogP contribution in [0.5, 0.6) is 0 Å². The zero-order valence-electron chi connectivity index (χ0n) is 12.6. The first-order valence-corrected chi connectivity index (χ1v) is 8.28. The average molecular weight is 255 g/mol. The Morgan fingerprint density at radius 2 is 1.17 bits per heavy atom. The summed E-state index contributed by atoms with van der Waals surface area (Å²) in [5, 5.41) is 9.81. The van der Waals surface area contributed by atoms with Crippen molar-refractivity contribution < 1.29 is 5.11 Å². The van der Waals surface area contributed by atoms with Gasteiger partial charge in [0.15, 0.2) is 0 Å². The van der Waals surface area contributed by atoms with Crippen LogP contribution in [0.25, 0.3) is 0 Å². The molecule has 0 aliphatic carbocycles. The molecular weight excluding hydrogens is 220 g/mol. The van der Waals surface area contributed by atoms with Crippen molar-refractivity contribution in [3.63, 3.8) is 0 Å². The normalized spacial score (nSPS) is 12.8. The summed E-state index contributed by atoms with van der Waals surface area (Å²) >= 11 is 0. The van der Waals surface area contributed by atoms with E-state index in [-0.39, 0.29) is 6.10 Å². The SMILES string of the molecule is [CH2]CCCCCC(O)CCCCCCCCCC. The van der Waals surface area contributed by atoms with Gasteiger partial charge in [0.25, 0.3) is 0 Å². The first-order valence-electron chi connectivity index (χ1n) is 8.28. The van der Waals surface area contributed by atoms with Gasteiger partial charge in [-0.3, -0.25) is 0 Å². The van der Waals surface area contributed by atoms with Crippen molar-refractivity contribution in [3.8, 4) is 0 Å². The fourth-order valence-corrected chi connectivity index (χ4v) is 2.39. The molecule has 109 valence electrons. The van der Waals surface area contributed by atoms with E-state index < -0.39 is 0 Å². The fourth-order valence-electron chi connectivity index (χ4n) is 2.39. The molecule has 0 rings (SSSR count). The number of aliphatic hydroxyl groups excluding tert-OH is 1.